The predicted octanol–water partition coefficient (Wildman–Crippen LogP) is 3.22. The number of hydrogen-bond acceptors (Lipinski definition) is 5. The third-order valence-corrected chi connectivity index (χ3v) is 4.25. The van der Waals surface area contributed by atoms with Gasteiger partial charge in [-0.2, -0.15) is 0 Å². The van der Waals surface area contributed by atoms with Gasteiger partial charge in [-0.05, 0) is 43.3 Å². The van der Waals surface area contributed by atoms with Crippen molar-refractivity contribution in [3.8, 4) is 0 Å². The number of benzene rings is 2. The van der Waals surface area contributed by atoms with Gasteiger partial charge in [0.2, 0.25) is 0 Å². The Hall–Kier alpha value is -3.12. The summed E-state index contributed by atoms with van der Waals surface area (Å²) < 4.78 is 4.63. The van der Waals surface area contributed by atoms with Gasteiger partial charge in [0.05, 0.1) is 18.4 Å². The fourth-order valence-corrected chi connectivity index (χ4v) is 2.70. The van der Waals surface area contributed by atoms with E-state index in [1.54, 1.807) is 48.5 Å². The number of nitrogens with one attached hydrogen (secondary N) is 1. The Morgan fingerprint density at radius 1 is 1.00 bits per heavy atom. The summed E-state index contributed by atoms with van der Waals surface area (Å²) in [7, 11) is 1.29. The number of ether oxygens (including phenoxy) is 1. The molecule has 0 saturated carbocycles. The van der Waals surface area contributed by atoms with Gasteiger partial charge in [-0.25, -0.2) is 9.69 Å². The summed E-state index contributed by atoms with van der Waals surface area (Å²) in [5.74, 6) is -1.60. The van der Waals surface area contributed by atoms with Crippen molar-refractivity contribution in [3.05, 3.63) is 70.4 Å². The number of nitrogens with zero attached hydrogens (tertiary/aromatic N) is 1. The van der Waals surface area contributed by atoms with Gasteiger partial charge < -0.3 is 10.1 Å². The number of esters is 1. The van der Waals surface area contributed by atoms with Crippen molar-refractivity contribution in [3.63, 3.8) is 0 Å². The number of methoxy groups -OCH3 is 1. The van der Waals surface area contributed by atoms with Gasteiger partial charge in [-0.3, -0.25) is 9.59 Å². The third kappa shape index (κ3) is 3.19. The lowest BCUT2D eigenvalue weighted by Gasteiger charge is -2.15. The van der Waals surface area contributed by atoms with Crippen LogP contribution >= 0.6 is 11.6 Å². The maximum absolute atomic E-state index is 12.7. The van der Waals surface area contributed by atoms with Crippen molar-refractivity contribution in [1.29, 1.82) is 0 Å². The van der Waals surface area contributed by atoms with Gasteiger partial charge in [0.1, 0.15) is 10.7 Å². The molecule has 1 aliphatic heterocycles. The van der Waals surface area contributed by atoms with Crippen molar-refractivity contribution >= 4 is 40.8 Å². The third-order valence-electron chi connectivity index (χ3n) is 3.89. The largest absolute Gasteiger partial charge is 0.465 e. The number of carbonyl (C=O) groups is 3. The summed E-state index contributed by atoms with van der Waals surface area (Å²) in [6, 6.07) is 13.3. The summed E-state index contributed by atoms with van der Waals surface area (Å²) in [5.41, 5.74) is 2.33. The number of aryl methyl sites for hydroxylation is 1. The van der Waals surface area contributed by atoms with Crippen LogP contribution in [-0.4, -0.2) is 24.9 Å². The molecule has 0 bridgehead atoms. The van der Waals surface area contributed by atoms with Crippen LogP contribution in [0.3, 0.4) is 0 Å². The van der Waals surface area contributed by atoms with E-state index in [1.165, 1.54) is 7.11 Å². The minimum absolute atomic E-state index is 0.0111. The van der Waals surface area contributed by atoms with Gasteiger partial charge in [0.25, 0.3) is 11.8 Å². The number of amides is 2. The standard InChI is InChI=1S/C19H15ClN2O4/c1-11-3-9-14(10-4-11)22-17(23)15(20)16(18(22)24)21-13-7-5-12(6-8-13)19(25)26-2/h3-10,21H,1-2H3. The molecule has 1 N–H and O–H groups in total. The van der Waals surface area contributed by atoms with Gasteiger partial charge in [-0.1, -0.05) is 29.3 Å². The second-order valence-corrected chi connectivity index (χ2v) is 6.04. The van der Waals surface area contributed by atoms with Gasteiger partial charge >= 0.3 is 5.97 Å². The molecular weight excluding hydrogens is 356 g/mol. The maximum Gasteiger partial charge on any atom is 0.337 e. The Kier molecular flexibility index (Phi) is 4.77. The van der Waals surface area contributed by atoms with Crippen LogP contribution in [0.4, 0.5) is 11.4 Å². The molecule has 3 rings (SSSR count). The highest BCUT2D eigenvalue weighted by molar-refractivity contribution is 6.53. The molecule has 7 heteroatoms. The summed E-state index contributed by atoms with van der Waals surface area (Å²) >= 11 is 6.08. The van der Waals surface area contributed by atoms with E-state index in [-0.39, 0.29) is 10.7 Å². The molecule has 1 aliphatic rings. The highest BCUT2D eigenvalue weighted by Gasteiger charge is 2.38. The highest BCUT2D eigenvalue weighted by atomic mass is 35.5. The Morgan fingerprint density at radius 3 is 2.19 bits per heavy atom. The smallest absolute Gasteiger partial charge is 0.337 e. The average Bonchev–Trinajstić information content (AvgIpc) is 2.86. The molecule has 0 spiro atoms. The van der Waals surface area contributed by atoms with Crippen molar-refractivity contribution in [2.45, 2.75) is 6.92 Å². The first-order valence-electron chi connectivity index (χ1n) is 7.73. The van der Waals surface area contributed by atoms with Crippen LogP contribution in [0.1, 0.15) is 15.9 Å². The van der Waals surface area contributed by atoms with Crippen molar-refractivity contribution in [2.75, 3.05) is 17.3 Å². The summed E-state index contributed by atoms with van der Waals surface area (Å²) in [4.78, 5) is 37.5. The van der Waals surface area contributed by atoms with Crippen LogP contribution in [0, 0.1) is 6.92 Å². The van der Waals surface area contributed by atoms with Gasteiger partial charge in [0.15, 0.2) is 0 Å². The van der Waals surface area contributed by atoms with Crippen LogP contribution in [0.5, 0.6) is 0 Å². The molecule has 132 valence electrons. The molecule has 1 heterocycles. The minimum atomic E-state index is -0.589. The van der Waals surface area contributed by atoms with E-state index < -0.39 is 17.8 Å². The molecule has 0 radical (unpaired) electrons. The van der Waals surface area contributed by atoms with Crippen molar-refractivity contribution in [2.24, 2.45) is 0 Å². The first-order valence-corrected chi connectivity index (χ1v) is 8.11. The van der Waals surface area contributed by atoms with Gasteiger partial charge in [-0.15, -0.1) is 0 Å². The fourth-order valence-electron chi connectivity index (χ4n) is 2.49. The van der Waals surface area contributed by atoms with Gasteiger partial charge in [0, 0.05) is 5.69 Å². The monoisotopic (exact) mass is 370 g/mol. The molecule has 2 amide bonds. The van der Waals surface area contributed by atoms with Crippen LogP contribution < -0.4 is 10.2 Å². The lowest BCUT2D eigenvalue weighted by Crippen LogP contribution is -2.32. The summed E-state index contributed by atoms with van der Waals surface area (Å²) in [5, 5.41) is 2.66. The Labute approximate surface area is 155 Å². The quantitative estimate of drug-likeness (QED) is 0.660. The number of hydrogen-bond donors (Lipinski definition) is 1. The molecule has 0 unspecified atom stereocenters. The highest BCUT2D eigenvalue weighted by Crippen LogP contribution is 2.30. The summed E-state index contributed by atoms with van der Waals surface area (Å²) in [6.45, 7) is 1.91. The number of rotatable bonds is 4. The molecule has 0 aromatic heterocycles. The van der Waals surface area contributed by atoms with E-state index in [2.05, 4.69) is 10.1 Å². The number of halogens is 1. The van der Waals surface area contributed by atoms with Crippen molar-refractivity contribution < 1.29 is 19.1 Å². The Bertz CT molecular complexity index is 918. The molecule has 0 fully saturated rings. The fraction of sp³-hybridized carbons (Fsp3) is 0.105. The maximum atomic E-state index is 12.7. The molecule has 0 saturated heterocycles. The molecule has 6 nitrogen and oxygen atoms in total. The number of imide groups is 1. The van der Waals surface area contributed by atoms with Crippen LogP contribution in [0.2, 0.25) is 0 Å². The van der Waals surface area contributed by atoms with E-state index in [0.29, 0.717) is 16.9 Å². The molecule has 2 aromatic rings. The van der Waals surface area contributed by atoms with E-state index >= 15 is 0 Å². The van der Waals surface area contributed by atoms with E-state index in [9.17, 15) is 14.4 Å². The molecule has 26 heavy (non-hydrogen) atoms. The number of anilines is 2. The number of carbonyl (C=O) groups excluding carboxylic acids is 3. The molecule has 0 aliphatic carbocycles. The van der Waals surface area contributed by atoms with E-state index in [4.69, 9.17) is 11.6 Å². The lowest BCUT2D eigenvalue weighted by atomic mass is 10.2. The Morgan fingerprint density at radius 2 is 1.62 bits per heavy atom. The minimum Gasteiger partial charge on any atom is -0.465 e. The van der Waals surface area contributed by atoms with Crippen LogP contribution in [-0.2, 0) is 14.3 Å². The molecule has 2 aromatic carbocycles. The second kappa shape index (κ2) is 7.01. The zero-order chi connectivity index (χ0) is 18.8. The average molecular weight is 371 g/mol. The lowest BCUT2D eigenvalue weighted by molar-refractivity contribution is -0.120. The first-order chi connectivity index (χ1) is 12.4. The van der Waals surface area contributed by atoms with Crippen molar-refractivity contribution in [1.82, 2.24) is 0 Å². The zero-order valence-corrected chi connectivity index (χ0v) is 14.8. The topological polar surface area (TPSA) is 75.7 Å². The zero-order valence-electron chi connectivity index (χ0n) is 14.1. The molecular formula is C19H15ClN2O4. The van der Waals surface area contributed by atoms with E-state index in [1.807, 2.05) is 6.92 Å². The SMILES string of the molecule is COC(=O)c1ccc(NC2=C(Cl)C(=O)N(c3ccc(C)cc3)C2=O)cc1. The normalized spacial score (nSPS) is 14.0. The second-order valence-electron chi connectivity index (χ2n) is 5.66. The first kappa shape index (κ1) is 17.7. The molecule has 0 atom stereocenters. The van der Waals surface area contributed by atoms with Crippen LogP contribution in [0.25, 0.3) is 0 Å². The predicted molar refractivity (Wildman–Crippen MR) is 98.0 cm³/mol. The summed E-state index contributed by atoms with van der Waals surface area (Å²) in [6.07, 6.45) is 0. The van der Waals surface area contributed by atoms with Crippen LogP contribution in [0.15, 0.2) is 59.3 Å². The Balaban J connectivity index is 1.84. The van der Waals surface area contributed by atoms with E-state index in [0.717, 1.165) is 10.5 Å².